The highest BCUT2D eigenvalue weighted by Crippen LogP contribution is 2.18. The number of amides is 3. The van der Waals surface area contributed by atoms with Gasteiger partial charge in [0.15, 0.2) is 0 Å². The number of nitrogens with two attached hydrogens (primary N) is 1. The Hall–Kier alpha value is -2.58. The minimum Gasteiger partial charge on any atom is -0.351 e. The van der Waals surface area contributed by atoms with Crippen LogP contribution < -0.4 is 15.8 Å². The lowest BCUT2D eigenvalue weighted by Gasteiger charge is -2.08. The normalized spacial score (nSPS) is 10.8. The highest BCUT2D eigenvalue weighted by Gasteiger charge is 2.16. The van der Waals surface area contributed by atoms with Crippen LogP contribution in [0.4, 0.5) is 10.5 Å². The first kappa shape index (κ1) is 16.8. The van der Waals surface area contributed by atoms with E-state index in [1.165, 1.54) is 24.3 Å². The summed E-state index contributed by atoms with van der Waals surface area (Å²) in [5, 5.41) is 2.89. The third-order valence-electron chi connectivity index (χ3n) is 2.78. The molecular formula is C14H12ClN3O4S. The predicted molar refractivity (Wildman–Crippen MR) is 85.8 cm³/mol. The van der Waals surface area contributed by atoms with Crippen LogP contribution in [0.1, 0.15) is 10.4 Å². The van der Waals surface area contributed by atoms with Gasteiger partial charge in [-0.1, -0.05) is 23.7 Å². The Kier molecular flexibility index (Phi) is 4.87. The zero-order valence-electron chi connectivity index (χ0n) is 11.6. The molecular weight excluding hydrogens is 342 g/mol. The van der Waals surface area contributed by atoms with E-state index in [2.05, 4.69) is 5.32 Å². The van der Waals surface area contributed by atoms with E-state index in [0.717, 1.165) is 0 Å². The van der Waals surface area contributed by atoms with Crippen LogP contribution in [0.25, 0.3) is 0 Å². The lowest BCUT2D eigenvalue weighted by molar-refractivity contribution is 0.102. The molecule has 4 N–H and O–H groups in total. The average Bonchev–Trinajstić information content (AvgIpc) is 2.47. The molecule has 0 spiro atoms. The van der Waals surface area contributed by atoms with Gasteiger partial charge in [-0.05, 0) is 36.4 Å². The standard InChI is InChI=1S/C14H12ClN3O4S/c15-12-4-2-1-3-11(12)13(19)17-9-5-7-10(8-6-9)23(21,22)18-14(16)20/h1-8H,(H,17,19)(H3,16,18,20). The Morgan fingerprint density at radius 3 is 2.17 bits per heavy atom. The number of sulfonamides is 1. The topological polar surface area (TPSA) is 118 Å². The van der Waals surface area contributed by atoms with Gasteiger partial charge < -0.3 is 11.1 Å². The van der Waals surface area contributed by atoms with Gasteiger partial charge in [0.25, 0.3) is 15.9 Å². The van der Waals surface area contributed by atoms with E-state index in [-0.39, 0.29) is 4.90 Å². The Morgan fingerprint density at radius 2 is 1.61 bits per heavy atom. The summed E-state index contributed by atoms with van der Waals surface area (Å²) in [6.07, 6.45) is 0. The number of hydrogen-bond acceptors (Lipinski definition) is 4. The van der Waals surface area contributed by atoms with E-state index in [1.54, 1.807) is 29.0 Å². The van der Waals surface area contributed by atoms with Crippen LogP contribution in [-0.4, -0.2) is 20.4 Å². The number of carbonyl (C=O) groups is 2. The number of benzene rings is 2. The molecule has 0 unspecified atom stereocenters. The van der Waals surface area contributed by atoms with Crippen molar-refractivity contribution >= 4 is 39.2 Å². The fraction of sp³-hybridized carbons (Fsp3) is 0. The molecule has 0 aliphatic carbocycles. The van der Waals surface area contributed by atoms with Gasteiger partial charge in [0.1, 0.15) is 0 Å². The van der Waals surface area contributed by atoms with E-state index in [1.807, 2.05) is 0 Å². The fourth-order valence-electron chi connectivity index (χ4n) is 1.75. The molecule has 2 rings (SSSR count). The summed E-state index contributed by atoms with van der Waals surface area (Å²) < 4.78 is 25.1. The molecule has 0 bridgehead atoms. The van der Waals surface area contributed by atoms with E-state index in [4.69, 9.17) is 17.3 Å². The van der Waals surface area contributed by atoms with Crippen LogP contribution in [0.2, 0.25) is 5.02 Å². The summed E-state index contributed by atoms with van der Waals surface area (Å²) in [6, 6.07) is 10.6. The third kappa shape index (κ3) is 4.21. The maximum absolute atomic E-state index is 12.1. The molecule has 0 saturated carbocycles. The number of anilines is 1. The van der Waals surface area contributed by atoms with Gasteiger partial charge in [0, 0.05) is 5.69 Å². The summed E-state index contributed by atoms with van der Waals surface area (Å²) in [5.74, 6) is -0.429. The molecule has 23 heavy (non-hydrogen) atoms. The number of halogens is 1. The van der Waals surface area contributed by atoms with E-state index < -0.39 is 22.0 Å². The van der Waals surface area contributed by atoms with Crippen LogP contribution in [0.15, 0.2) is 53.4 Å². The minimum atomic E-state index is -4.02. The molecule has 0 aromatic heterocycles. The zero-order valence-corrected chi connectivity index (χ0v) is 13.2. The molecule has 3 amide bonds. The van der Waals surface area contributed by atoms with Crippen LogP contribution in [-0.2, 0) is 10.0 Å². The van der Waals surface area contributed by atoms with Crippen molar-refractivity contribution in [1.29, 1.82) is 0 Å². The Labute approximate surface area is 137 Å². The number of rotatable bonds is 4. The van der Waals surface area contributed by atoms with Crippen molar-refractivity contribution < 1.29 is 18.0 Å². The summed E-state index contributed by atoms with van der Waals surface area (Å²) in [4.78, 5) is 22.6. The molecule has 0 atom stereocenters. The van der Waals surface area contributed by atoms with E-state index in [0.29, 0.717) is 16.3 Å². The van der Waals surface area contributed by atoms with Crippen LogP contribution in [0.5, 0.6) is 0 Å². The molecule has 120 valence electrons. The second-order valence-electron chi connectivity index (χ2n) is 4.43. The molecule has 0 fully saturated rings. The van der Waals surface area contributed by atoms with Gasteiger partial charge in [0.2, 0.25) is 0 Å². The maximum Gasteiger partial charge on any atom is 0.326 e. The SMILES string of the molecule is NC(=O)NS(=O)(=O)c1ccc(NC(=O)c2ccccc2Cl)cc1. The first-order valence-corrected chi connectivity index (χ1v) is 8.14. The molecule has 0 saturated heterocycles. The van der Waals surface area contributed by atoms with Crippen LogP contribution >= 0.6 is 11.6 Å². The smallest absolute Gasteiger partial charge is 0.326 e. The van der Waals surface area contributed by atoms with Crippen molar-refractivity contribution in [3.05, 3.63) is 59.1 Å². The molecule has 9 heteroatoms. The molecule has 0 radical (unpaired) electrons. The monoisotopic (exact) mass is 353 g/mol. The van der Waals surface area contributed by atoms with Gasteiger partial charge in [-0.15, -0.1) is 0 Å². The molecule has 7 nitrogen and oxygen atoms in total. The lowest BCUT2D eigenvalue weighted by Crippen LogP contribution is -2.34. The quantitative estimate of drug-likeness (QED) is 0.778. The van der Waals surface area contributed by atoms with Gasteiger partial charge in [-0.2, -0.15) is 0 Å². The van der Waals surface area contributed by atoms with Crippen LogP contribution in [0, 0.1) is 0 Å². The van der Waals surface area contributed by atoms with Crippen molar-refractivity contribution in [3.8, 4) is 0 Å². The maximum atomic E-state index is 12.1. The molecule has 0 aliphatic heterocycles. The number of primary amides is 1. The molecule has 0 aliphatic rings. The second-order valence-corrected chi connectivity index (χ2v) is 6.52. The van der Waals surface area contributed by atoms with Gasteiger partial charge in [0.05, 0.1) is 15.5 Å². The summed E-state index contributed by atoms with van der Waals surface area (Å²) >= 11 is 5.93. The first-order chi connectivity index (χ1) is 10.8. The number of nitrogens with one attached hydrogen (secondary N) is 2. The summed E-state index contributed by atoms with van der Waals surface area (Å²) in [6.45, 7) is 0. The second kappa shape index (κ2) is 6.67. The Balaban J connectivity index is 2.16. The Morgan fingerprint density at radius 1 is 1.00 bits per heavy atom. The summed E-state index contributed by atoms with van der Waals surface area (Å²) in [5.41, 5.74) is 5.45. The van der Waals surface area contributed by atoms with E-state index >= 15 is 0 Å². The van der Waals surface area contributed by atoms with Crippen molar-refractivity contribution in [2.24, 2.45) is 5.73 Å². The van der Waals surface area contributed by atoms with Crippen molar-refractivity contribution in [2.75, 3.05) is 5.32 Å². The average molecular weight is 354 g/mol. The highest BCUT2D eigenvalue weighted by atomic mass is 35.5. The van der Waals surface area contributed by atoms with Gasteiger partial charge in [-0.25, -0.2) is 17.9 Å². The summed E-state index contributed by atoms with van der Waals surface area (Å²) in [7, 11) is -4.02. The number of carbonyl (C=O) groups excluding carboxylic acids is 2. The van der Waals surface area contributed by atoms with Crippen molar-refractivity contribution in [2.45, 2.75) is 4.90 Å². The van der Waals surface area contributed by atoms with Gasteiger partial charge in [-0.3, -0.25) is 4.79 Å². The van der Waals surface area contributed by atoms with E-state index in [9.17, 15) is 18.0 Å². The van der Waals surface area contributed by atoms with Gasteiger partial charge >= 0.3 is 6.03 Å². The minimum absolute atomic E-state index is 0.160. The number of hydrogen-bond donors (Lipinski definition) is 3. The lowest BCUT2D eigenvalue weighted by atomic mass is 10.2. The highest BCUT2D eigenvalue weighted by molar-refractivity contribution is 7.90. The molecule has 2 aromatic carbocycles. The fourth-order valence-corrected chi connectivity index (χ4v) is 2.85. The van der Waals surface area contributed by atoms with Crippen molar-refractivity contribution in [3.63, 3.8) is 0 Å². The van der Waals surface area contributed by atoms with Crippen LogP contribution in [0.3, 0.4) is 0 Å². The third-order valence-corrected chi connectivity index (χ3v) is 4.47. The first-order valence-electron chi connectivity index (χ1n) is 6.28. The van der Waals surface area contributed by atoms with Crippen molar-refractivity contribution in [1.82, 2.24) is 4.72 Å². The zero-order chi connectivity index (χ0) is 17.0. The Bertz CT molecular complexity index is 851. The predicted octanol–water partition coefficient (Wildman–Crippen LogP) is 1.95. The molecule has 2 aromatic rings. The number of urea groups is 1. The largest absolute Gasteiger partial charge is 0.351 e. The molecule has 0 heterocycles.